The molecule has 4 rings (SSSR count). The van der Waals surface area contributed by atoms with Crippen molar-refractivity contribution in [1.82, 2.24) is 0 Å². The third kappa shape index (κ3) is 1.88. The lowest BCUT2D eigenvalue weighted by atomic mass is 10.1. The van der Waals surface area contributed by atoms with Crippen molar-refractivity contribution in [2.45, 2.75) is 6.10 Å². The van der Waals surface area contributed by atoms with Crippen molar-refractivity contribution >= 4 is 17.6 Å². The second-order valence-electron chi connectivity index (χ2n) is 4.97. The summed E-state index contributed by atoms with van der Waals surface area (Å²) in [5.41, 5.74) is 4.44. The van der Waals surface area contributed by atoms with Crippen molar-refractivity contribution in [2.24, 2.45) is 4.99 Å². The van der Waals surface area contributed by atoms with Crippen LogP contribution < -0.4 is 0 Å². The van der Waals surface area contributed by atoms with E-state index in [9.17, 15) is 9.90 Å². The van der Waals surface area contributed by atoms with E-state index in [2.05, 4.69) is 4.99 Å². The molecule has 1 N–H and O–H groups in total. The number of aliphatic hydroxyl groups is 1. The number of rotatable bonds is 1. The molecule has 0 aromatic heterocycles. The minimum atomic E-state index is -0.641. The van der Waals surface area contributed by atoms with Crippen molar-refractivity contribution in [1.29, 1.82) is 0 Å². The molecule has 1 atom stereocenters. The van der Waals surface area contributed by atoms with E-state index >= 15 is 0 Å². The summed E-state index contributed by atoms with van der Waals surface area (Å²) in [6.45, 7) is 0. The number of hydrogen-bond donors (Lipinski definition) is 1. The van der Waals surface area contributed by atoms with Gasteiger partial charge >= 0.3 is 5.97 Å². The van der Waals surface area contributed by atoms with Crippen LogP contribution in [-0.4, -0.2) is 17.0 Å². The maximum Gasteiger partial charge on any atom is 0.337 e. The molecule has 0 spiro atoms. The van der Waals surface area contributed by atoms with Gasteiger partial charge < -0.3 is 9.84 Å². The summed E-state index contributed by atoms with van der Waals surface area (Å²) in [7, 11) is 0. The van der Waals surface area contributed by atoms with E-state index in [-0.39, 0.29) is 5.90 Å². The summed E-state index contributed by atoms with van der Waals surface area (Å²) in [6.07, 6.45) is 2.22. The van der Waals surface area contributed by atoms with Gasteiger partial charge in [0.15, 0.2) is 0 Å². The van der Waals surface area contributed by atoms with E-state index in [1.54, 1.807) is 0 Å². The molecule has 2 aromatic carbocycles. The summed E-state index contributed by atoms with van der Waals surface area (Å²) in [5.74, 6) is -0.146. The normalized spacial score (nSPS) is 20.5. The fourth-order valence-electron chi connectivity index (χ4n) is 2.74. The maximum atomic E-state index is 11.0. The van der Waals surface area contributed by atoms with E-state index in [0.29, 0.717) is 5.69 Å². The first-order valence-electron chi connectivity index (χ1n) is 6.62. The van der Waals surface area contributed by atoms with E-state index < -0.39 is 12.1 Å². The average Bonchev–Trinajstić information content (AvgIpc) is 3.03. The minimum absolute atomic E-state index is 0.268. The fourth-order valence-corrected chi connectivity index (χ4v) is 2.74. The van der Waals surface area contributed by atoms with Gasteiger partial charge in [-0.05, 0) is 34.4 Å². The predicted molar refractivity (Wildman–Crippen MR) is 78.3 cm³/mol. The Labute approximate surface area is 121 Å². The number of hydrogen-bond acceptors (Lipinski definition) is 4. The van der Waals surface area contributed by atoms with Crippen LogP contribution in [0.2, 0.25) is 0 Å². The Bertz CT molecular complexity index is 821. The first kappa shape index (κ1) is 12.1. The first-order valence-corrected chi connectivity index (χ1v) is 6.62. The largest absolute Gasteiger partial charge is 0.404 e. The molecule has 0 unspecified atom stereocenters. The SMILES string of the molecule is O=C1C=CC(=Nc2ccc3c(c2)[C@@H](O)c2ccccc2-3)O1. The second-order valence-corrected chi connectivity index (χ2v) is 4.97. The zero-order chi connectivity index (χ0) is 14.4. The Hall–Kier alpha value is -2.72. The fraction of sp³-hybridized carbons (Fsp3) is 0.0588. The predicted octanol–water partition coefficient (Wildman–Crippen LogP) is 2.89. The highest BCUT2D eigenvalue weighted by molar-refractivity contribution is 6.08. The van der Waals surface area contributed by atoms with E-state index in [1.165, 1.54) is 12.2 Å². The number of esters is 1. The van der Waals surface area contributed by atoms with Crippen LogP contribution in [0.1, 0.15) is 17.2 Å². The summed E-state index contributed by atoms with van der Waals surface area (Å²) >= 11 is 0. The highest BCUT2D eigenvalue weighted by Crippen LogP contribution is 2.44. The van der Waals surface area contributed by atoms with Crippen LogP contribution in [0.25, 0.3) is 11.1 Å². The quantitative estimate of drug-likeness (QED) is 0.815. The minimum Gasteiger partial charge on any atom is -0.404 e. The zero-order valence-electron chi connectivity index (χ0n) is 11.0. The molecule has 2 aliphatic rings. The lowest BCUT2D eigenvalue weighted by Crippen LogP contribution is -1.98. The van der Waals surface area contributed by atoms with Gasteiger partial charge in [0.2, 0.25) is 5.90 Å². The summed E-state index contributed by atoms with van der Waals surface area (Å²) < 4.78 is 4.91. The Balaban J connectivity index is 1.77. The molecule has 4 nitrogen and oxygen atoms in total. The van der Waals surface area contributed by atoms with Crippen LogP contribution in [0, 0.1) is 0 Å². The lowest BCUT2D eigenvalue weighted by molar-refractivity contribution is -0.129. The van der Waals surface area contributed by atoms with Crippen LogP contribution >= 0.6 is 0 Å². The molecule has 0 saturated carbocycles. The molecule has 21 heavy (non-hydrogen) atoms. The number of cyclic esters (lactones) is 1. The van der Waals surface area contributed by atoms with Crippen molar-refractivity contribution in [3.63, 3.8) is 0 Å². The van der Waals surface area contributed by atoms with E-state index in [0.717, 1.165) is 22.3 Å². The third-order valence-electron chi connectivity index (χ3n) is 3.68. The maximum absolute atomic E-state index is 11.0. The Morgan fingerprint density at radius 1 is 1.00 bits per heavy atom. The highest BCUT2D eigenvalue weighted by atomic mass is 16.5. The van der Waals surface area contributed by atoms with Crippen LogP contribution in [-0.2, 0) is 9.53 Å². The number of ether oxygens (including phenoxy) is 1. The van der Waals surface area contributed by atoms with E-state index in [4.69, 9.17) is 4.74 Å². The topological polar surface area (TPSA) is 58.9 Å². The average molecular weight is 277 g/mol. The van der Waals surface area contributed by atoms with Gasteiger partial charge in [-0.15, -0.1) is 0 Å². The number of fused-ring (bicyclic) bond motifs is 3. The highest BCUT2D eigenvalue weighted by Gasteiger charge is 2.26. The van der Waals surface area contributed by atoms with Gasteiger partial charge in [-0.25, -0.2) is 9.79 Å². The number of carbonyl (C=O) groups is 1. The smallest absolute Gasteiger partial charge is 0.337 e. The van der Waals surface area contributed by atoms with Gasteiger partial charge in [-0.2, -0.15) is 0 Å². The molecular weight excluding hydrogens is 266 g/mol. The van der Waals surface area contributed by atoms with Gasteiger partial charge in [0, 0.05) is 12.2 Å². The van der Waals surface area contributed by atoms with Gasteiger partial charge in [-0.3, -0.25) is 0 Å². The summed E-state index contributed by atoms with van der Waals surface area (Å²) in [5, 5.41) is 10.4. The second kappa shape index (κ2) is 4.40. The Morgan fingerprint density at radius 2 is 1.81 bits per heavy atom. The molecule has 0 saturated heterocycles. The number of carbonyl (C=O) groups excluding carboxylic acids is 1. The molecule has 4 heteroatoms. The molecule has 102 valence electrons. The summed E-state index contributed by atoms with van der Waals surface area (Å²) in [4.78, 5) is 15.3. The molecule has 2 aromatic rings. The molecule has 1 aliphatic heterocycles. The number of aliphatic imine (C=N–C) groups is 1. The van der Waals surface area contributed by atoms with Crippen molar-refractivity contribution in [3.8, 4) is 11.1 Å². The van der Waals surface area contributed by atoms with E-state index in [1.807, 2.05) is 42.5 Å². The number of nitrogens with zero attached hydrogens (tertiary/aromatic N) is 1. The van der Waals surface area contributed by atoms with Crippen LogP contribution in [0.4, 0.5) is 5.69 Å². The molecule has 0 bridgehead atoms. The monoisotopic (exact) mass is 277 g/mol. The molecule has 1 heterocycles. The molecule has 0 fully saturated rings. The Kier molecular flexibility index (Phi) is 2.52. The van der Waals surface area contributed by atoms with Gasteiger partial charge in [0.1, 0.15) is 6.10 Å². The van der Waals surface area contributed by atoms with Crippen molar-refractivity contribution in [3.05, 3.63) is 65.7 Å². The zero-order valence-corrected chi connectivity index (χ0v) is 11.0. The van der Waals surface area contributed by atoms with Crippen molar-refractivity contribution < 1.29 is 14.6 Å². The number of benzene rings is 2. The first-order chi connectivity index (χ1) is 10.2. The molecular formula is C17H11NO3. The number of aliphatic hydroxyl groups excluding tert-OH is 1. The standard InChI is InChI=1S/C17H11NO3/c19-16-8-7-15(21-16)18-10-5-6-12-11-3-1-2-4-13(11)17(20)14(12)9-10/h1-9,17,20H/t17-/m0/s1. The van der Waals surface area contributed by atoms with Gasteiger partial charge in [-0.1, -0.05) is 30.3 Å². The van der Waals surface area contributed by atoms with Gasteiger partial charge in [0.05, 0.1) is 5.69 Å². The third-order valence-corrected chi connectivity index (χ3v) is 3.68. The lowest BCUT2D eigenvalue weighted by Gasteiger charge is -2.06. The molecule has 0 radical (unpaired) electrons. The van der Waals surface area contributed by atoms with Crippen LogP contribution in [0.3, 0.4) is 0 Å². The molecule has 1 aliphatic carbocycles. The van der Waals surface area contributed by atoms with Gasteiger partial charge in [0.25, 0.3) is 0 Å². The Morgan fingerprint density at radius 3 is 2.62 bits per heavy atom. The molecule has 0 amide bonds. The van der Waals surface area contributed by atoms with Crippen molar-refractivity contribution in [2.75, 3.05) is 0 Å². The van der Waals surface area contributed by atoms with Crippen LogP contribution in [0.15, 0.2) is 59.6 Å². The summed E-state index contributed by atoms with van der Waals surface area (Å²) in [6, 6.07) is 13.4. The van der Waals surface area contributed by atoms with Crippen LogP contribution in [0.5, 0.6) is 0 Å².